The van der Waals surface area contributed by atoms with Crippen molar-refractivity contribution >= 4 is 62.1 Å². The molecular formula is C13H13I2NO2. The molecule has 18 heavy (non-hydrogen) atoms. The molecule has 0 radical (unpaired) electrons. The van der Waals surface area contributed by atoms with Crippen LogP contribution >= 0.6 is 45.2 Å². The molecule has 0 unspecified atom stereocenters. The first-order chi connectivity index (χ1) is 8.26. The van der Waals surface area contributed by atoms with E-state index < -0.39 is 5.60 Å². The Kier molecular flexibility index (Phi) is 3.91. The highest BCUT2D eigenvalue weighted by Crippen LogP contribution is 2.24. The third-order valence-electron chi connectivity index (χ3n) is 2.28. The number of carbonyl (C=O) groups excluding carboxylic acids is 1. The number of hydrogen-bond donors (Lipinski definition) is 1. The third kappa shape index (κ3) is 3.17. The summed E-state index contributed by atoms with van der Waals surface area (Å²) in [6.07, 6.45) is 0. The van der Waals surface area contributed by atoms with Crippen molar-refractivity contribution in [1.29, 1.82) is 0 Å². The number of benzene rings is 1. The van der Waals surface area contributed by atoms with E-state index in [4.69, 9.17) is 4.74 Å². The molecule has 0 amide bonds. The maximum atomic E-state index is 11.9. The topological polar surface area (TPSA) is 42.1 Å². The van der Waals surface area contributed by atoms with Gasteiger partial charge in [-0.1, -0.05) is 0 Å². The number of halogens is 2. The van der Waals surface area contributed by atoms with Crippen LogP contribution in [0.5, 0.6) is 0 Å². The van der Waals surface area contributed by atoms with Crippen LogP contribution in [0.25, 0.3) is 10.9 Å². The SMILES string of the molecule is CC(C)(C)OC(=O)c1cc2cc(I)c(I)cc2[nH]1. The van der Waals surface area contributed by atoms with Crippen LogP contribution in [0.1, 0.15) is 31.3 Å². The van der Waals surface area contributed by atoms with Gasteiger partial charge in [0.05, 0.1) is 0 Å². The van der Waals surface area contributed by atoms with Gasteiger partial charge in [0.15, 0.2) is 0 Å². The predicted molar refractivity (Wildman–Crippen MR) is 88.9 cm³/mol. The summed E-state index contributed by atoms with van der Waals surface area (Å²) >= 11 is 4.56. The van der Waals surface area contributed by atoms with Crippen LogP contribution < -0.4 is 0 Å². The van der Waals surface area contributed by atoms with Gasteiger partial charge in [0.25, 0.3) is 0 Å². The van der Waals surface area contributed by atoms with Gasteiger partial charge < -0.3 is 9.72 Å². The van der Waals surface area contributed by atoms with Crippen molar-refractivity contribution in [2.24, 2.45) is 0 Å². The number of fused-ring (bicyclic) bond motifs is 1. The van der Waals surface area contributed by atoms with E-state index in [1.54, 1.807) is 0 Å². The number of nitrogens with one attached hydrogen (secondary N) is 1. The largest absolute Gasteiger partial charge is 0.455 e. The second kappa shape index (κ2) is 4.99. The van der Waals surface area contributed by atoms with Crippen molar-refractivity contribution in [3.05, 3.63) is 31.0 Å². The standard InChI is InChI=1S/C13H13I2NO2/c1-13(2,3)18-12(17)11-5-7-4-8(14)9(15)6-10(7)16-11/h4-6,16H,1-3H3. The van der Waals surface area contributed by atoms with Gasteiger partial charge in [-0.2, -0.15) is 0 Å². The summed E-state index contributed by atoms with van der Waals surface area (Å²) in [5.74, 6) is -0.316. The summed E-state index contributed by atoms with van der Waals surface area (Å²) in [4.78, 5) is 15.0. The molecule has 0 spiro atoms. The molecule has 0 atom stereocenters. The molecule has 0 bridgehead atoms. The van der Waals surface area contributed by atoms with E-state index in [-0.39, 0.29) is 5.97 Å². The van der Waals surface area contributed by atoms with Crippen LogP contribution in [0.2, 0.25) is 0 Å². The second-order valence-corrected chi connectivity index (χ2v) is 7.36. The zero-order valence-electron chi connectivity index (χ0n) is 10.3. The lowest BCUT2D eigenvalue weighted by atomic mass is 10.2. The van der Waals surface area contributed by atoms with Gasteiger partial charge in [0.1, 0.15) is 11.3 Å². The van der Waals surface area contributed by atoms with Crippen molar-refractivity contribution in [3.63, 3.8) is 0 Å². The Hall–Kier alpha value is -0.310. The molecule has 1 aromatic heterocycles. The van der Waals surface area contributed by atoms with Crippen LogP contribution in [0.3, 0.4) is 0 Å². The number of carbonyl (C=O) groups is 1. The average Bonchev–Trinajstić information content (AvgIpc) is 2.59. The van der Waals surface area contributed by atoms with Crippen LogP contribution in [-0.2, 0) is 4.74 Å². The number of esters is 1. The Morgan fingerprint density at radius 3 is 2.39 bits per heavy atom. The highest BCUT2D eigenvalue weighted by molar-refractivity contribution is 14.1. The number of hydrogen-bond acceptors (Lipinski definition) is 2. The molecule has 1 N–H and O–H groups in total. The van der Waals surface area contributed by atoms with Gasteiger partial charge in [-0.3, -0.25) is 0 Å². The second-order valence-electron chi connectivity index (χ2n) is 5.04. The number of H-pyrrole nitrogens is 1. The van der Waals surface area contributed by atoms with E-state index in [0.717, 1.165) is 10.9 Å². The van der Waals surface area contributed by atoms with Gasteiger partial charge in [-0.15, -0.1) is 0 Å². The van der Waals surface area contributed by atoms with Crippen LogP contribution in [0.4, 0.5) is 0 Å². The van der Waals surface area contributed by atoms with Crippen LogP contribution in [0, 0.1) is 7.14 Å². The summed E-state index contributed by atoms with van der Waals surface area (Å²) in [5.41, 5.74) is 0.982. The molecule has 1 aromatic carbocycles. The summed E-state index contributed by atoms with van der Waals surface area (Å²) in [7, 11) is 0. The fourth-order valence-electron chi connectivity index (χ4n) is 1.57. The fourth-order valence-corrected chi connectivity index (χ4v) is 2.53. The number of aromatic nitrogens is 1. The summed E-state index contributed by atoms with van der Waals surface area (Å²) in [6.45, 7) is 5.58. The minimum atomic E-state index is -0.475. The van der Waals surface area contributed by atoms with E-state index in [9.17, 15) is 4.79 Å². The minimum Gasteiger partial charge on any atom is -0.455 e. The van der Waals surface area contributed by atoms with E-state index in [0.29, 0.717) is 5.69 Å². The molecule has 3 nitrogen and oxygen atoms in total. The molecular weight excluding hydrogens is 456 g/mol. The molecule has 0 aliphatic carbocycles. The molecule has 1 heterocycles. The van der Waals surface area contributed by atoms with Gasteiger partial charge in [0.2, 0.25) is 0 Å². The maximum absolute atomic E-state index is 11.9. The average molecular weight is 469 g/mol. The van der Waals surface area contributed by atoms with Crippen LogP contribution in [-0.4, -0.2) is 16.6 Å². The van der Waals surface area contributed by atoms with Crippen molar-refractivity contribution in [2.75, 3.05) is 0 Å². The smallest absolute Gasteiger partial charge is 0.355 e. The lowest BCUT2D eigenvalue weighted by Crippen LogP contribution is -2.24. The molecule has 0 fully saturated rings. The monoisotopic (exact) mass is 469 g/mol. The zero-order chi connectivity index (χ0) is 13.5. The summed E-state index contributed by atoms with van der Waals surface area (Å²) in [5, 5.41) is 1.03. The van der Waals surface area contributed by atoms with E-state index in [2.05, 4.69) is 56.2 Å². The maximum Gasteiger partial charge on any atom is 0.355 e. The van der Waals surface area contributed by atoms with Gasteiger partial charge in [-0.05, 0) is 84.2 Å². The highest BCUT2D eigenvalue weighted by Gasteiger charge is 2.19. The Bertz CT molecular complexity index is 572. The van der Waals surface area contributed by atoms with Crippen molar-refractivity contribution in [2.45, 2.75) is 26.4 Å². The Labute approximate surface area is 133 Å². The summed E-state index contributed by atoms with van der Waals surface area (Å²) in [6, 6.07) is 5.93. The quantitative estimate of drug-likeness (QED) is 0.500. The van der Waals surface area contributed by atoms with Gasteiger partial charge in [0, 0.05) is 18.0 Å². The first-order valence-electron chi connectivity index (χ1n) is 5.47. The number of ether oxygens (including phenoxy) is 1. The minimum absolute atomic E-state index is 0.316. The first kappa shape index (κ1) is 14.1. The number of aromatic amines is 1. The van der Waals surface area contributed by atoms with Gasteiger partial charge >= 0.3 is 5.97 Å². The Balaban J connectivity index is 2.39. The fraction of sp³-hybridized carbons (Fsp3) is 0.308. The predicted octanol–water partition coefficient (Wildman–Crippen LogP) is 4.33. The molecule has 5 heteroatoms. The summed E-state index contributed by atoms with van der Waals surface area (Å²) < 4.78 is 7.68. The molecule has 96 valence electrons. The van der Waals surface area contributed by atoms with Crippen molar-refractivity contribution in [1.82, 2.24) is 4.98 Å². The van der Waals surface area contributed by atoms with E-state index >= 15 is 0 Å². The van der Waals surface area contributed by atoms with Crippen molar-refractivity contribution in [3.8, 4) is 0 Å². The lowest BCUT2D eigenvalue weighted by Gasteiger charge is -2.18. The van der Waals surface area contributed by atoms with Crippen molar-refractivity contribution < 1.29 is 9.53 Å². The lowest BCUT2D eigenvalue weighted by molar-refractivity contribution is 0.00639. The van der Waals surface area contributed by atoms with E-state index in [1.165, 1.54) is 7.14 Å². The molecule has 0 saturated heterocycles. The molecule has 2 aromatic rings. The number of rotatable bonds is 1. The molecule has 0 aliphatic rings. The first-order valence-corrected chi connectivity index (χ1v) is 7.63. The Morgan fingerprint density at radius 2 is 1.78 bits per heavy atom. The highest BCUT2D eigenvalue weighted by atomic mass is 127. The molecule has 0 aliphatic heterocycles. The van der Waals surface area contributed by atoms with Crippen LogP contribution in [0.15, 0.2) is 18.2 Å². The zero-order valence-corrected chi connectivity index (χ0v) is 14.6. The third-order valence-corrected chi connectivity index (χ3v) is 5.10. The normalized spacial score (nSPS) is 11.8. The van der Waals surface area contributed by atoms with E-state index in [1.807, 2.05) is 32.9 Å². The Morgan fingerprint density at radius 1 is 1.17 bits per heavy atom. The molecule has 2 rings (SSSR count). The van der Waals surface area contributed by atoms with Gasteiger partial charge in [-0.25, -0.2) is 4.79 Å². The molecule has 0 saturated carbocycles.